The van der Waals surface area contributed by atoms with Crippen LogP contribution in [0.25, 0.3) is 142 Å². The van der Waals surface area contributed by atoms with E-state index in [-0.39, 0.29) is 0 Å². The Labute approximate surface area is 387 Å². The molecule has 0 fully saturated rings. The number of furan rings is 1. The smallest absolute Gasteiger partial charge is 0.136 e. The molecular weight excluding hydrogens is 809 g/mol. The zero-order valence-electron chi connectivity index (χ0n) is 36.5. The Morgan fingerprint density at radius 2 is 0.657 bits per heavy atom. The summed E-state index contributed by atoms with van der Waals surface area (Å²) in [5.74, 6) is 0. The molecule has 0 spiro atoms. The van der Waals surface area contributed by atoms with Crippen LogP contribution >= 0.6 is 0 Å². The monoisotopic (exact) mass is 848 g/mol. The number of benzene rings is 13. The van der Waals surface area contributed by atoms with Crippen molar-refractivity contribution in [3.63, 3.8) is 0 Å². The first-order valence-corrected chi connectivity index (χ1v) is 23.2. The maximum Gasteiger partial charge on any atom is 0.136 e. The summed E-state index contributed by atoms with van der Waals surface area (Å²) in [6.07, 6.45) is 0. The number of rotatable bonds is 5. The summed E-state index contributed by atoms with van der Waals surface area (Å²) in [4.78, 5) is 0. The van der Waals surface area contributed by atoms with Crippen molar-refractivity contribution in [1.82, 2.24) is 0 Å². The van der Waals surface area contributed by atoms with E-state index in [1.54, 1.807) is 0 Å². The Morgan fingerprint density at radius 3 is 1.27 bits per heavy atom. The van der Waals surface area contributed by atoms with Crippen molar-refractivity contribution in [1.29, 1.82) is 0 Å². The van der Waals surface area contributed by atoms with Gasteiger partial charge in [-0.1, -0.05) is 218 Å². The zero-order valence-corrected chi connectivity index (χ0v) is 36.5. The van der Waals surface area contributed by atoms with Crippen LogP contribution in [0.1, 0.15) is 0 Å². The lowest BCUT2D eigenvalue weighted by atomic mass is 9.78. The minimum Gasteiger partial charge on any atom is -0.456 e. The highest BCUT2D eigenvalue weighted by Gasteiger charge is 2.26. The fourth-order valence-electron chi connectivity index (χ4n) is 11.4. The van der Waals surface area contributed by atoms with Crippen LogP contribution in [-0.4, -0.2) is 0 Å². The molecule has 0 amide bonds. The van der Waals surface area contributed by atoms with Gasteiger partial charge in [0.1, 0.15) is 11.2 Å². The van der Waals surface area contributed by atoms with Gasteiger partial charge in [0.25, 0.3) is 0 Å². The average Bonchev–Trinajstić information content (AvgIpc) is 3.79. The van der Waals surface area contributed by atoms with Gasteiger partial charge < -0.3 is 4.42 Å². The fraction of sp³-hybridized carbons (Fsp3) is 0. The van der Waals surface area contributed by atoms with E-state index in [1.807, 2.05) is 0 Å². The van der Waals surface area contributed by atoms with Gasteiger partial charge in [0.2, 0.25) is 0 Å². The van der Waals surface area contributed by atoms with Gasteiger partial charge >= 0.3 is 0 Å². The van der Waals surface area contributed by atoms with E-state index in [4.69, 9.17) is 4.42 Å². The lowest BCUT2D eigenvalue weighted by Crippen LogP contribution is -1.97. The quantitative estimate of drug-likeness (QED) is 0.124. The normalized spacial score (nSPS) is 11.9. The van der Waals surface area contributed by atoms with Crippen molar-refractivity contribution in [3.05, 3.63) is 243 Å². The fourth-order valence-corrected chi connectivity index (χ4v) is 11.4. The van der Waals surface area contributed by atoms with Gasteiger partial charge in [0.05, 0.1) is 0 Å². The summed E-state index contributed by atoms with van der Waals surface area (Å²) in [5, 5.41) is 17.0. The molecule has 0 aliphatic carbocycles. The third-order valence-electron chi connectivity index (χ3n) is 14.2. The largest absolute Gasteiger partial charge is 0.456 e. The highest BCUT2D eigenvalue weighted by molar-refractivity contribution is 6.29. The van der Waals surface area contributed by atoms with Crippen molar-refractivity contribution >= 4 is 86.6 Å². The molecule has 67 heavy (non-hydrogen) atoms. The van der Waals surface area contributed by atoms with Gasteiger partial charge in [-0.2, -0.15) is 0 Å². The molecule has 1 heteroatoms. The van der Waals surface area contributed by atoms with E-state index in [9.17, 15) is 0 Å². The molecule has 310 valence electrons. The Hall–Kier alpha value is -8.78. The van der Waals surface area contributed by atoms with Gasteiger partial charge in [0.15, 0.2) is 0 Å². The molecule has 0 bridgehead atoms. The van der Waals surface area contributed by atoms with Crippen molar-refractivity contribution in [2.75, 3.05) is 0 Å². The van der Waals surface area contributed by atoms with E-state index in [0.29, 0.717) is 0 Å². The Bertz CT molecular complexity index is 4250. The summed E-state index contributed by atoms with van der Waals surface area (Å²) in [6.45, 7) is 0. The molecule has 0 aliphatic heterocycles. The summed E-state index contributed by atoms with van der Waals surface area (Å²) in [6, 6.07) is 89.3. The highest BCUT2D eigenvalue weighted by Crippen LogP contribution is 2.53. The van der Waals surface area contributed by atoms with E-state index in [2.05, 4.69) is 243 Å². The Balaban J connectivity index is 1.11. The van der Waals surface area contributed by atoms with Gasteiger partial charge in [-0.15, -0.1) is 0 Å². The molecular formula is C66H40O. The number of hydrogen-bond donors (Lipinski definition) is 0. The second-order valence-electron chi connectivity index (χ2n) is 17.8. The molecule has 14 rings (SSSR count). The topological polar surface area (TPSA) is 13.1 Å². The van der Waals surface area contributed by atoms with E-state index < -0.39 is 0 Å². The second-order valence-corrected chi connectivity index (χ2v) is 17.8. The van der Waals surface area contributed by atoms with Gasteiger partial charge in [-0.25, -0.2) is 0 Å². The minimum atomic E-state index is 0.898. The first-order chi connectivity index (χ1) is 33.3. The molecule has 0 unspecified atom stereocenters. The van der Waals surface area contributed by atoms with E-state index >= 15 is 0 Å². The molecule has 0 saturated carbocycles. The van der Waals surface area contributed by atoms with Crippen LogP contribution in [0.4, 0.5) is 0 Å². The van der Waals surface area contributed by atoms with Crippen LogP contribution in [0.2, 0.25) is 0 Å². The van der Waals surface area contributed by atoms with Crippen molar-refractivity contribution < 1.29 is 4.42 Å². The molecule has 1 nitrogen and oxygen atoms in total. The summed E-state index contributed by atoms with van der Waals surface area (Å²) in [5.41, 5.74) is 14.0. The van der Waals surface area contributed by atoms with Crippen LogP contribution in [0.15, 0.2) is 247 Å². The second kappa shape index (κ2) is 14.9. The summed E-state index contributed by atoms with van der Waals surface area (Å²) in [7, 11) is 0. The summed E-state index contributed by atoms with van der Waals surface area (Å²) < 4.78 is 6.51. The van der Waals surface area contributed by atoms with Crippen LogP contribution in [-0.2, 0) is 0 Å². The molecule has 1 heterocycles. The van der Waals surface area contributed by atoms with Gasteiger partial charge in [-0.05, 0) is 145 Å². The maximum absolute atomic E-state index is 6.51. The molecule has 0 radical (unpaired) electrons. The predicted molar refractivity (Wildman–Crippen MR) is 286 cm³/mol. The Kier molecular flexibility index (Phi) is 8.35. The van der Waals surface area contributed by atoms with Crippen LogP contribution in [0.5, 0.6) is 0 Å². The van der Waals surface area contributed by atoms with Crippen LogP contribution in [0, 0.1) is 0 Å². The number of hydrogen-bond acceptors (Lipinski definition) is 1. The van der Waals surface area contributed by atoms with Crippen LogP contribution < -0.4 is 0 Å². The van der Waals surface area contributed by atoms with Crippen molar-refractivity contribution in [3.8, 4) is 55.6 Å². The van der Waals surface area contributed by atoms with Crippen LogP contribution in [0.3, 0.4) is 0 Å². The first-order valence-electron chi connectivity index (χ1n) is 23.2. The molecule has 0 atom stereocenters. The zero-order chi connectivity index (χ0) is 44.0. The standard InChI is InChI=1S/C66H40O/c1-3-19-41(20-4-1)56-40-57(48-27-11-13-29-50(48)65(56)66-51-30-14-10-26-47(51)46-25-9-12-28-49(46)62(66)43-22-5-2-6-23-43)63-54-33-17-15-31-52(54)61(53-32-16-18-34-55(53)63)44-36-37-59-58(39-44)64-45-24-8-7-21-42(45)35-38-60(64)67-59/h1-40H. The predicted octanol–water partition coefficient (Wildman–Crippen LogP) is 18.8. The Morgan fingerprint density at radius 1 is 0.209 bits per heavy atom. The average molecular weight is 849 g/mol. The molecule has 1 aromatic heterocycles. The van der Waals surface area contributed by atoms with Crippen molar-refractivity contribution in [2.24, 2.45) is 0 Å². The highest BCUT2D eigenvalue weighted by atomic mass is 16.3. The third-order valence-corrected chi connectivity index (χ3v) is 14.2. The lowest BCUT2D eigenvalue weighted by molar-refractivity contribution is 0.669. The maximum atomic E-state index is 6.51. The SMILES string of the molecule is c1ccc(-c2cc(-c3c4ccccc4c(-c4ccc5oc6ccc7ccccc7c6c5c4)c4ccccc34)c3ccccc3c2-c2c(-c3ccccc3)c3ccccc3c3ccccc23)cc1. The van der Waals surface area contributed by atoms with Crippen molar-refractivity contribution in [2.45, 2.75) is 0 Å². The van der Waals surface area contributed by atoms with E-state index in [1.165, 1.54) is 120 Å². The summed E-state index contributed by atoms with van der Waals surface area (Å²) >= 11 is 0. The van der Waals surface area contributed by atoms with Gasteiger partial charge in [-0.3, -0.25) is 0 Å². The molecule has 0 aliphatic rings. The molecule has 0 saturated heterocycles. The first kappa shape index (κ1) is 37.6. The third kappa shape index (κ3) is 5.68. The molecule has 0 N–H and O–H groups in total. The number of fused-ring (bicyclic) bond motifs is 11. The minimum absolute atomic E-state index is 0.898. The van der Waals surface area contributed by atoms with Gasteiger partial charge in [0, 0.05) is 10.8 Å². The van der Waals surface area contributed by atoms with E-state index in [0.717, 1.165) is 21.9 Å². The lowest BCUT2D eigenvalue weighted by Gasteiger charge is -2.25. The molecule has 14 aromatic rings. The molecule has 13 aromatic carbocycles.